The smallest absolute Gasteiger partial charge is 0.350 e. The van der Waals surface area contributed by atoms with Crippen LogP contribution < -0.4 is 9.62 Å². The van der Waals surface area contributed by atoms with E-state index >= 15 is 0 Å². The molecule has 3 aromatic rings. The number of hydrogen-bond donors (Lipinski definition) is 1. The highest BCUT2D eigenvalue weighted by atomic mass is 32.2. The minimum atomic E-state index is -4.77. The number of hydrogen-bond acceptors (Lipinski definition) is 4. The Bertz CT molecular complexity index is 1490. The molecule has 3 aromatic carbocycles. The molecule has 0 saturated heterocycles. The van der Waals surface area contributed by atoms with Gasteiger partial charge in [-0.15, -0.1) is 0 Å². The molecule has 1 N–H and O–H groups in total. The monoisotopic (exact) mass is 607 g/mol. The van der Waals surface area contributed by atoms with Gasteiger partial charge in [-0.1, -0.05) is 43.3 Å². The summed E-state index contributed by atoms with van der Waals surface area (Å²) in [5.74, 6) is -1.86. The van der Waals surface area contributed by atoms with Crippen LogP contribution in [0.4, 0.5) is 23.2 Å². The summed E-state index contributed by atoms with van der Waals surface area (Å²) in [4.78, 5) is 28.2. The quantitative estimate of drug-likeness (QED) is 0.297. The average molecular weight is 608 g/mol. The number of rotatable bonds is 10. The molecule has 0 aliphatic carbocycles. The summed E-state index contributed by atoms with van der Waals surface area (Å²) in [6.45, 7) is 5.85. The molecule has 0 radical (unpaired) electrons. The average Bonchev–Trinajstić information content (AvgIpc) is 2.91. The minimum absolute atomic E-state index is 0.143. The van der Waals surface area contributed by atoms with E-state index in [0.717, 1.165) is 23.1 Å². The zero-order chi connectivity index (χ0) is 31.3. The van der Waals surface area contributed by atoms with Gasteiger partial charge in [0.15, 0.2) is 0 Å². The van der Waals surface area contributed by atoms with E-state index in [1.807, 2.05) is 0 Å². The van der Waals surface area contributed by atoms with E-state index in [2.05, 4.69) is 5.32 Å². The fraction of sp³-hybridized carbons (Fsp3) is 0.333. The van der Waals surface area contributed by atoms with E-state index in [9.17, 15) is 35.6 Å². The molecule has 3 rings (SSSR count). The molecule has 0 aromatic heterocycles. The van der Waals surface area contributed by atoms with Crippen LogP contribution in [-0.2, 0) is 32.3 Å². The first kappa shape index (κ1) is 32.6. The Labute approximate surface area is 243 Å². The van der Waals surface area contributed by atoms with Crippen molar-refractivity contribution >= 4 is 27.5 Å². The minimum Gasteiger partial charge on any atom is -0.350 e. The Kier molecular flexibility index (Phi) is 10.0. The molecule has 0 aliphatic heterocycles. The standard InChI is InChI=1S/C30H33F4N3O4S/c1-5-26(28(39)35-29(2,3)4)36(19-21-14-16-23(31)17-15-21)27(38)20-37(42(40,41)25-12-7-6-8-13-25)24-11-9-10-22(18-24)30(32,33)34/h6-18,26H,5,19-20H2,1-4H3,(H,35,39). The van der Waals surface area contributed by atoms with Gasteiger partial charge in [-0.3, -0.25) is 13.9 Å². The van der Waals surface area contributed by atoms with Crippen LogP contribution in [0.15, 0.2) is 83.8 Å². The molecular weight excluding hydrogens is 574 g/mol. The first-order chi connectivity index (χ1) is 19.5. The summed E-state index contributed by atoms with van der Waals surface area (Å²) < 4.78 is 82.4. The van der Waals surface area contributed by atoms with Crippen LogP contribution in [0.1, 0.15) is 45.2 Å². The van der Waals surface area contributed by atoms with E-state index < -0.39 is 57.5 Å². The van der Waals surface area contributed by atoms with Crippen LogP contribution in [0, 0.1) is 5.82 Å². The molecule has 2 amide bonds. The third-order valence-corrected chi connectivity index (χ3v) is 8.01. The Morgan fingerprint density at radius 1 is 0.905 bits per heavy atom. The van der Waals surface area contributed by atoms with Gasteiger partial charge in [0.05, 0.1) is 16.1 Å². The zero-order valence-electron chi connectivity index (χ0n) is 23.7. The Hall–Kier alpha value is -3.93. The molecule has 1 atom stereocenters. The number of nitrogens with one attached hydrogen (secondary N) is 1. The maximum Gasteiger partial charge on any atom is 0.416 e. The number of benzene rings is 3. The summed E-state index contributed by atoms with van der Waals surface area (Å²) in [7, 11) is -4.54. The summed E-state index contributed by atoms with van der Waals surface area (Å²) >= 11 is 0. The molecule has 0 saturated carbocycles. The first-order valence-electron chi connectivity index (χ1n) is 13.1. The fourth-order valence-corrected chi connectivity index (χ4v) is 5.67. The number of amides is 2. The molecule has 0 bridgehead atoms. The maximum absolute atomic E-state index is 14.0. The van der Waals surface area contributed by atoms with Crippen molar-refractivity contribution in [2.24, 2.45) is 0 Å². The number of nitrogens with zero attached hydrogens (tertiary/aromatic N) is 2. The molecule has 0 fully saturated rings. The lowest BCUT2D eigenvalue weighted by Crippen LogP contribution is -2.55. The maximum atomic E-state index is 14.0. The van der Waals surface area contributed by atoms with Crippen molar-refractivity contribution in [1.82, 2.24) is 10.2 Å². The second kappa shape index (κ2) is 12.9. The van der Waals surface area contributed by atoms with Gasteiger partial charge in [-0.05, 0) is 75.2 Å². The molecule has 0 heterocycles. The lowest BCUT2D eigenvalue weighted by atomic mass is 10.1. The highest BCUT2D eigenvalue weighted by Gasteiger charge is 2.36. The lowest BCUT2D eigenvalue weighted by molar-refractivity contribution is -0.141. The van der Waals surface area contributed by atoms with Crippen LogP contribution in [-0.4, -0.2) is 43.3 Å². The zero-order valence-corrected chi connectivity index (χ0v) is 24.5. The van der Waals surface area contributed by atoms with Crippen LogP contribution >= 0.6 is 0 Å². The third-order valence-electron chi connectivity index (χ3n) is 6.22. The molecular formula is C30H33F4N3O4S. The Morgan fingerprint density at radius 2 is 1.52 bits per heavy atom. The number of carbonyl (C=O) groups excluding carboxylic acids is 2. The molecule has 42 heavy (non-hydrogen) atoms. The van der Waals surface area contributed by atoms with Gasteiger partial charge in [0, 0.05) is 12.1 Å². The molecule has 7 nitrogen and oxygen atoms in total. The van der Waals surface area contributed by atoms with Crippen molar-refractivity contribution < 1.29 is 35.6 Å². The second-order valence-electron chi connectivity index (χ2n) is 10.7. The summed E-state index contributed by atoms with van der Waals surface area (Å²) in [6, 6.07) is 14.8. The molecule has 1 unspecified atom stereocenters. The van der Waals surface area contributed by atoms with Crippen molar-refractivity contribution in [2.45, 2.75) is 63.3 Å². The van der Waals surface area contributed by atoms with Crippen LogP contribution in [0.2, 0.25) is 0 Å². The molecule has 12 heteroatoms. The number of sulfonamides is 1. The van der Waals surface area contributed by atoms with E-state index in [1.54, 1.807) is 33.8 Å². The summed E-state index contributed by atoms with van der Waals surface area (Å²) in [5.41, 5.74) is -1.67. The highest BCUT2D eigenvalue weighted by molar-refractivity contribution is 7.92. The number of alkyl halides is 3. The van der Waals surface area contributed by atoms with Gasteiger partial charge < -0.3 is 10.2 Å². The normalized spacial score (nSPS) is 12.9. The predicted octanol–water partition coefficient (Wildman–Crippen LogP) is 5.76. The molecule has 226 valence electrons. The van der Waals surface area contributed by atoms with E-state index in [4.69, 9.17) is 0 Å². The number of halogens is 4. The van der Waals surface area contributed by atoms with E-state index in [1.165, 1.54) is 48.5 Å². The van der Waals surface area contributed by atoms with E-state index in [-0.39, 0.29) is 23.5 Å². The van der Waals surface area contributed by atoms with Crippen LogP contribution in [0.25, 0.3) is 0 Å². The van der Waals surface area contributed by atoms with Gasteiger partial charge >= 0.3 is 6.18 Å². The largest absolute Gasteiger partial charge is 0.416 e. The van der Waals surface area contributed by atoms with Crippen LogP contribution in [0.3, 0.4) is 0 Å². The van der Waals surface area contributed by atoms with Gasteiger partial charge in [-0.2, -0.15) is 13.2 Å². The number of carbonyl (C=O) groups is 2. The van der Waals surface area contributed by atoms with Gasteiger partial charge in [0.2, 0.25) is 11.8 Å². The van der Waals surface area contributed by atoms with Crippen molar-refractivity contribution in [3.63, 3.8) is 0 Å². The highest BCUT2D eigenvalue weighted by Crippen LogP contribution is 2.33. The van der Waals surface area contributed by atoms with Gasteiger partial charge in [0.25, 0.3) is 10.0 Å². The number of anilines is 1. The van der Waals surface area contributed by atoms with Crippen molar-refractivity contribution in [3.8, 4) is 0 Å². The van der Waals surface area contributed by atoms with Crippen molar-refractivity contribution in [2.75, 3.05) is 10.8 Å². The Morgan fingerprint density at radius 3 is 2.07 bits per heavy atom. The third kappa shape index (κ3) is 8.31. The fourth-order valence-electron chi connectivity index (χ4n) is 4.24. The SMILES string of the molecule is CCC(C(=O)NC(C)(C)C)N(Cc1ccc(F)cc1)C(=O)CN(c1cccc(C(F)(F)F)c1)S(=O)(=O)c1ccccc1. The summed E-state index contributed by atoms with van der Waals surface area (Å²) in [6.07, 6.45) is -4.63. The topological polar surface area (TPSA) is 86.8 Å². The Balaban J connectivity index is 2.11. The molecule has 0 aliphatic rings. The summed E-state index contributed by atoms with van der Waals surface area (Å²) in [5, 5.41) is 2.82. The van der Waals surface area contributed by atoms with Gasteiger partial charge in [-0.25, -0.2) is 12.8 Å². The van der Waals surface area contributed by atoms with Crippen molar-refractivity contribution in [1.29, 1.82) is 0 Å². The van der Waals surface area contributed by atoms with Gasteiger partial charge in [0.1, 0.15) is 18.4 Å². The van der Waals surface area contributed by atoms with Crippen LogP contribution in [0.5, 0.6) is 0 Å². The van der Waals surface area contributed by atoms with E-state index in [0.29, 0.717) is 15.9 Å². The second-order valence-corrected chi connectivity index (χ2v) is 12.5. The lowest BCUT2D eigenvalue weighted by Gasteiger charge is -2.35. The van der Waals surface area contributed by atoms with Crippen molar-refractivity contribution in [3.05, 3.63) is 95.8 Å². The predicted molar refractivity (Wildman–Crippen MR) is 151 cm³/mol. The molecule has 0 spiro atoms. The first-order valence-corrected chi connectivity index (χ1v) is 14.6.